The lowest BCUT2D eigenvalue weighted by Gasteiger charge is -2.30. The van der Waals surface area contributed by atoms with Gasteiger partial charge in [-0.2, -0.15) is 0 Å². The molecule has 1 aliphatic carbocycles. The number of ether oxygens (including phenoxy) is 1. The first-order valence-electron chi connectivity index (χ1n) is 5.12. The van der Waals surface area contributed by atoms with Crippen molar-refractivity contribution in [2.45, 2.75) is 31.2 Å². The lowest BCUT2D eigenvalue weighted by molar-refractivity contribution is -0.386. The van der Waals surface area contributed by atoms with E-state index in [1.807, 2.05) is 6.92 Å². The van der Waals surface area contributed by atoms with Crippen LogP contribution >= 0.6 is 11.6 Å². The summed E-state index contributed by atoms with van der Waals surface area (Å²) in [6.07, 6.45) is 1.53. The summed E-state index contributed by atoms with van der Waals surface area (Å²) in [6, 6.07) is 4.97. The van der Waals surface area contributed by atoms with Gasteiger partial charge in [0.05, 0.1) is 4.92 Å². The summed E-state index contributed by atoms with van der Waals surface area (Å²) in [5.74, 6) is 0.337. The van der Waals surface area contributed by atoms with Crippen molar-refractivity contribution in [1.29, 1.82) is 0 Å². The smallest absolute Gasteiger partial charge is 0.311 e. The van der Waals surface area contributed by atoms with Crippen molar-refractivity contribution in [3.63, 3.8) is 0 Å². The molecule has 1 aliphatic rings. The Morgan fingerprint density at radius 3 is 2.75 bits per heavy atom. The third kappa shape index (κ3) is 2.27. The van der Waals surface area contributed by atoms with Crippen LogP contribution in [0, 0.1) is 17.0 Å². The van der Waals surface area contributed by atoms with E-state index >= 15 is 0 Å². The van der Waals surface area contributed by atoms with Gasteiger partial charge in [0.15, 0.2) is 5.75 Å². The van der Waals surface area contributed by atoms with Crippen molar-refractivity contribution in [3.8, 4) is 5.75 Å². The van der Waals surface area contributed by atoms with Gasteiger partial charge in [-0.1, -0.05) is 6.07 Å². The molecule has 0 amide bonds. The number of nitrogens with zero attached hydrogens (tertiary/aromatic N) is 1. The fourth-order valence-corrected chi connectivity index (χ4v) is 2.04. The van der Waals surface area contributed by atoms with Gasteiger partial charge in [0.25, 0.3) is 0 Å². The fourth-order valence-electron chi connectivity index (χ4n) is 1.65. The van der Waals surface area contributed by atoms with Crippen molar-refractivity contribution in [2.24, 2.45) is 0 Å². The molecule has 0 spiro atoms. The Labute approximate surface area is 98.3 Å². The van der Waals surface area contributed by atoms with E-state index in [2.05, 4.69) is 0 Å². The molecule has 86 valence electrons. The Morgan fingerprint density at radius 2 is 2.19 bits per heavy atom. The highest BCUT2D eigenvalue weighted by atomic mass is 35.5. The molecule has 0 saturated heterocycles. The van der Waals surface area contributed by atoms with E-state index in [9.17, 15) is 10.1 Å². The van der Waals surface area contributed by atoms with Gasteiger partial charge in [-0.3, -0.25) is 10.1 Å². The second-order valence-corrected chi connectivity index (χ2v) is 4.65. The molecular formula is C11H12ClNO3. The lowest BCUT2D eigenvalue weighted by Crippen LogP contribution is -2.34. The quantitative estimate of drug-likeness (QED) is 0.464. The van der Waals surface area contributed by atoms with Crippen LogP contribution in [0.3, 0.4) is 0 Å². The summed E-state index contributed by atoms with van der Waals surface area (Å²) in [5, 5.41) is 11.0. The SMILES string of the molecule is Cc1ccc(OC2CC(Cl)C2)c([N+](=O)[O-])c1. The van der Waals surface area contributed by atoms with E-state index < -0.39 is 4.92 Å². The Bertz CT molecular complexity index is 416. The first-order valence-corrected chi connectivity index (χ1v) is 5.55. The molecule has 1 saturated carbocycles. The van der Waals surface area contributed by atoms with Gasteiger partial charge in [-0.05, 0) is 18.6 Å². The molecule has 1 aromatic carbocycles. The second kappa shape index (κ2) is 4.29. The van der Waals surface area contributed by atoms with Crippen LogP contribution in [0.2, 0.25) is 0 Å². The van der Waals surface area contributed by atoms with Crippen LogP contribution in [0.4, 0.5) is 5.69 Å². The van der Waals surface area contributed by atoms with E-state index in [1.54, 1.807) is 12.1 Å². The molecule has 4 nitrogen and oxygen atoms in total. The molecule has 0 heterocycles. The summed E-state index contributed by atoms with van der Waals surface area (Å²) in [4.78, 5) is 10.4. The lowest BCUT2D eigenvalue weighted by atomic mass is 9.95. The Balaban J connectivity index is 2.16. The molecular weight excluding hydrogens is 230 g/mol. The van der Waals surface area contributed by atoms with Crippen molar-refractivity contribution in [2.75, 3.05) is 0 Å². The predicted molar refractivity (Wildman–Crippen MR) is 61.1 cm³/mol. The van der Waals surface area contributed by atoms with Gasteiger partial charge in [-0.25, -0.2) is 0 Å². The van der Waals surface area contributed by atoms with E-state index in [0.717, 1.165) is 18.4 Å². The summed E-state index contributed by atoms with van der Waals surface area (Å²) >= 11 is 5.82. The highest BCUT2D eigenvalue weighted by molar-refractivity contribution is 6.21. The molecule has 0 unspecified atom stereocenters. The van der Waals surface area contributed by atoms with Crippen LogP contribution in [0.15, 0.2) is 18.2 Å². The monoisotopic (exact) mass is 241 g/mol. The Morgan fingerprint density at radius 1 is 1.50 bits per heavy atom. The molecule has 1 fully saturated rings. The van der Waals surface area contributed by atoms with E-state index in [1.165, 1.54) is 6.07 Å². The molecule has 1 aromatic rings. The van der Waals surface area contributed by atoms with Gasteiger partial charge >= 0.3 is 5.69 Å². The van der Waals surface area contributed by atoms with Gasteiger partial charge in [0.2, 0.25) is 0 Å². The standard InChI is InChI=1S/C11H12ClNO3/c1-7-2-3-11(10(4-7)13(14)15)16-9-5-8(12)6-9/h2-4,8-9H,5-6H2,1H3. The van der Waals surface area contributed by atoms with Crippen LogP contribution in [0.25, 0.3) is 0 Å². The zero-order valence-electron chi connectivity index (χ0n) is 8.85. The van der Waals surface area contributed by atoms with Crippen molar-refractivity contribution < 1.29 is 9.66 Å². The van der Waals surface area contributed by atoms with Crippen LogP contribution < -0.4 is 4.74 Å². The zero-order chi connectivity index (χ0) is 11.7. The summed E-state index contributed by atoms with van der Waals surface area (Å²) in [5.41, 5.74) is 0.876. The Hall–Kier alpha value is -1.29. The van der Waals surface area contributed by atoms with Gasteiger partial charge in [0.1, 0.15) is 6.10 Å². The number of rotatable bonds is 3. The van der Waals surface area contributed by atoms with E-state index in [-0.39, 0.29) is 17.2 Å². The zero-order valence-corrected chi connectivity index (χ0v) is 9.61. The molecule has 0 radical (unpaired) electrons. The highest BCUT2D eigenvalue weighted by Gasteiger charge is 2.30. The molecule has 0 atom stereocenters. The van der Waals surface area contributed by atoms with Crippen LogP contribution in [0.1, 0.15) is 18.4 Å². The highest BCUT2D eigenvalue weighted by Crippen LogP contribution is 2.34. The largest absolute Gasteiger partial charge is 0.483 e. The van der Waals surface area contributed by atoms with Crippen molar-refractivity contribution in [1.82, 2.24) is 0 Å². The molecule has 16 heavy (non-hydrogen) atoms. The van der Waals surface area contributed by atoms with Gasteiger partial charge in [0, 0.05) is 24.3 Å². The third-order valence-corrected chi connectivity index (χ3v) is 3.00. The van der Waals surface area contributed by atoms with Crippen LogP contribution in [-0.2, 0) is 0 Å². The van der Waals surface area contributed by atoms with Gasteiger partial charge in [-0.15, -0.1) is 11.6 Å². The minimum absolute atomic E-state index is 0.0175. The number of alkyl halides is 1. The maximum absolute atomic E-state index is 10.8. The number of nitro benzene ring substituents is 1. The third-order valence-electron chi connectivity index (χ3n) is 2.64. The number of hydrogen-bond acceptors (Lipinski definition) is 3. The first-order chi connectivity index (χ1) is 7.56. The maximum Gasteiger partial charge on any atom is 0.311 e. The molecule has 2 rings (SSSR count). The van der Waals surface area contributed by atoms with Gasteiger partial charge < -0.3 is 4.74 Å². The summed E-state index contributed by atoms with van der Waals surface area (Å²) in [7, 11) is 0. The van der Waals surface area contributed by atoms with E-state index in [4.69, 9.17) is 16.3 Å². The summed E-state index contributed by atoms with van der Waals surface area (Å²) < 4.78 is 5.54. The van der Waals surface area contributed by atoms with Crippen molar-refractivity contribution >= 4 is 17.3 Å². The maximum atomic E-state index is 10.8. The Kier molecular flexibility index (Phi) is 3.01. The average molecular weight is 242 g/mol. The number of hydrogen-bond donors (Lipinski definition) is 0. The number of halogens is 1. The predicted octanol–water partition coefficient (Wildman–Crippen LogP) is 3.05. The van der Waals surface area contributed by atoms with Crippen LogP contribution in [-0.4, -0.2) is 16.4 Å². The normalized spacial score (nSPS) is 23.6. The second-order valence-electron chi connectivity index (χ2n) is 4.04. The molecule has 0 aliphatic heterocycles. The molecule has 0 bridgehead atoms. The van der Waals surface area contributed by atoms with Crippen LogP contribution in [0.5, 0.6) is 5.75 Å². The van der Waals surface area contributed by atoms with Crippen molar-refractivity contribution in [3.05, 3.63) is 33.9 Å². The minimum atomic E-state index is -0.417. The topological polar surface area (TPSA) is 52.4 Å². The molecule has 0 aromatic heterocycles. The molecule has 5 heteroatoms. The first kappa shape index (κ1) is 11.2. The summed E-state index contributed by atoms with van der Waals surface area (Å²) in [6.45, 7) is 1.81. The number of benzene rings is 1. The number of nitro groups is 1. The molecule has 0 N–H and O–H groups in total. The number of aryl methyl sites for hydroxylation is 1. The minimum Gasteiger partial charge on any atom is -0.483 e. The average Bonchev–Trinajstić information content (AvgIpc) is 2.17. The fraction of sp³-hybridized carbons (Fsp3) is 0.455. The van der Waals surface area contributed by atoms with E-state index in [0.29, 0.717) is 5.75 Å².